The summed E-state index contributed by atoms with van der Waals surface area (Å²) in [6, 6.07) is 10.2. The fourth-order valence-electron chi connectivity index (χ4n) is 2.65. The Morgan fingerprint density at radius 3 is 2.15 bits per heavy atom. The SMILES string of the molecule is CCCc1ccc(C(CN(CCC)C(C)C)NC)cc1. The van der Waals surface area contributed by atoms with Crippen molar-refractivity contribution in [1.82, 2.24) is 10.2 Å². The maximum atomic E-state index is 3.47. The van der Waals surface area contributed by atoms with Crippen LogP contribution in [0.4, 0.5) is 0 Å². The van der Waals surface area contributed by atoms with E-state index in [1.54, 1.807) is 0 Å². The number of nitrogens with zero attached hydrogens (tertiary/aromatic N) is 1. The molecule has 0 heterocycles. The smallest absolute Gasteiger partial charge is 0.0446 e. The molecular weight excluding hydrogens is 244 g/mol. The Morgan fingerprint density at radius 1 is 1.05 bits per heavy atom. The molecule has 0 aromatic heterocycles. The van der Waals surface area contributed by atoms with Crippen molar-refractivity contribution >= 4 is 0 Å². The van der Waals surface area contributed by atoms with Gasteiger partial charge in [0, 0.05) is 18.6 Å². The van der Waals surface area contributed by atoms with Gasteiger partial charge in [0.2, 0.25) is 0 Å². The van der Waals surface area contributed by atoms with E-state index in [4.69, 9.17) is 0 Å². The predicted octanol–water partition coefficient (Wildman–Crippen LogP) is 4.02. The Kier molecular flexibility index (Phi) is 7.86. The predicted molar refractivity (Wildman–Crippen MR) is 89.2 cm³/mol. The number of hydrogen-bond donors (Lipinski definition) is 1. The molecule has 1 aromatic carbocycles. The first kappa shape index (κ1) is 17.2. The molecule has 0 saturated carbocycles. The first-order chi connectivity index (χ1) is 9.62. The van der Waals surface area contributed by atoms with Gasteiger partial charge in [-0.3, -0.25) is 4.90 Å². The zero-order chi connectivity index (χ0) is 15.0. The number of nitrogens with one attached hydrogen (secondary N) is 1. The lowest BCUT2D eigenvalue weighted by Gasteiger charge is -2.30. The summed E-state index contributed by atoms with van der Waals surface area (Å²) in [5.74, 6) is 0. The van der Waals surface area contributed by atoms with Crippen molar-refractivity contribution in [2.75, 3.05) is 20.1 Å². The summed E-state index contributed by atoms with van der Waals surface area (Å²) in [6.07, 6.45) is 3.61. The summed E-state index contributed by atoms with van der Waals surface area (Å²) in [7, 11) is 2.06. The largest absolute Gasteiger partial charge is 0.312 e. The van der Waals surface area contributed by atoms with Crippen LogP contribution in [0.5, 0.6) is 0 Å². The van der Waals surface area contributed by atoms with E-state index in [9.17, 15) is 0 Å². The normalized spacial score (nSPS) is 13.2. The third-order valence-electron chi connectivity index (χ3n) is 3.93. The van der Waals surface area contributed by atoms with E-state index in [2.05, 4.69) is 69.2 Å². The van der Waals surface area contributed by atoms with Crippen molar-refractivity contribution in [3.8, 4) is 0 Å². The van der Waals surface area contributed by atoms with Crippen molar-refractivity contribution in [3.63, 3.8) is 0 Å². The van der Waals surface area contributed by atoms with E-state index in [0.717, 1.165) is 6.54 Å². The zero-order valence-electron chi connectivity index (χ0n) is 13.9. The molecule has 1 rings (SSSR count). The molecule has 0 aliphatic heterocycles. The molecule has 114 valence electrons. The molecule has 0 bridgehead atoms. The van der Waals surface area contributed by atoms with Crippen molar-refractivity contribution < 1.29 is 0 Å². The van der Waals surface area contributed by atoms with Gasteiger partial charge >= 0.3 is 0 Å². The second-order valence-corrected chi connectivity index (χ2v) is 5.92. The lowest BCUT2D eigenvalue weighted by atomic mass is 10.0. The van der Waals surface area contributed by atoms with Gasteiger partial charge in [-0.2, -0.15) is 0 Å². The highest BCUT2D eigenvalue weighted by Crippen LogP contribution is 2.17. The summed E-state index contributed by atoms with van der Waals surface area (Å²) < 4.78 is 0. The van der Waals surface area contributed by atoms with Gasteiger partial charge in [-0.25, -0.2) is 0 Å². The first-order valence-corrected chi connectivity index (χ1v) is 8.12. The van der Waals surface area contributed by atoms with Crippen LogP contribution in [0.1, 0.15) is 57.7 Å². The molecule has 1 N–H and O–H groups in total. The van der Waals surface area contributed by atoms with Crippen LogP contribution >= 0.6 is 0 Å². The monoisotopic (exact) mass is 276 g/mol. The lowest BCUT2D eigenvalue weighted by molar-refractivity contribution is 0.200. The summed E-state index contributed by atoms with van der Waals surface area (Å²) in [5.41, 5.74) is 2.84. The topological polar surface area (TPSA) is 15.3 Å². The van der Waals surface area contributed by atoms with Gasteiger partial charge in [0.15, 0.2) is 0 Å². The summed E-state index contributed by atoms with van der Waals surface area (Å²) >= 11 is 0. The van der Waals surface area contributed by atoms with E-state index in [1.165, 1.54) is 36.9 Å². The minimum absolute atomic E-state index is 0.416. The lowest BCUT2D eigenvalue weighted by Crippen LogP contribution is -2.38. The molecule has 0 aliphatic rings. The molecule has 0 spiro atoms. The fraction of sp³-hybridized carbons (Fsp3) is 0.667. The molecule has 1 aromatic rings. The highest BCUT2D eigenvalue weighted by Gasteiger charge is 2.16. The van der Waals surface area contributed by atoms with Gasteiger partial charge in [-0.05, 0) is 51.4 Å². The van der Waals surface area contributed by atoms with Crippen molar-refractivity contribution in [2.45, 2.75) is 59.0 Å². The van der Waals surface area contributed by atoms with E-state index >= 15 is 0 Å². The van der Waals surface area contributed by atoms with Crippen LogP contribution in [0.25, 0.3) is 0 Å². The highest BCUT2D eigenvalue weighted by atomic mass is 15.2. The van der Waals surface area contributed by atoms with Crippen LogP contribution in [0.3, 0.4) is 0 Å². The van der Waals surface area contributed by atoms with E-state index in [0.29, 0.717) is 12.1 Å². The summed E-state index contributed by atoms with van der Waals surface area (Å²) in [4.78, 5) is 2.56. The molecule has 1 atom stereocenters. The first-order valence-electron chi connectivity index (χ1n) is 8.12. The van der Waals surface area contributed by atoms with Gasteiger partial charge in [-0.1, -0.05) is 44.5 Å². The number of aryl methyl sites for hydroxylation is 1. The molecule has 2 heteroatoms. The van der Waals surface area contributed by atoms with Gasteiger partial charge < -0.3 is 5.32 Å². The average molecular weight is 276 g/mol. The van der Waals surface area contributed by atoms with Crippen LogP contribution in [0, 0.1) is 0 Å². The number of rotatable bonds is 9. The standard InChI is InChI=1S/C18H32N2/c1-6-8-16-9-11-17(12-10-16)18(19-5)14-20(13-7-2)15(3)4/h9-12,15,18-19H,6-8,13-14H2,1-5H3. The second-order valence-electron chi connectivity index (χ2n) is 5.92. The van der Waals surface area contributed by atoms with E-state index < -0.39 is 0 Å². The summed E-state index contributed by atoms with van der Waals surface area (Å²) in [5, 5.41) is 3.47. The van der Waals surface area contributed by atoms with Crippen molar-refractivity contribution in [1.29, 1.82) is 0 Å². The Bertz CT molecular complexity index is 356. The van der Waals surface area contributed by atoms with E-state index in [1.807, 2.05) is 0 Å². The van der Waals surface area contributed by atoms with Crippen LogP contribution in [0.2, 0.25) is 0 Å². The molecular formula is C18H32N2. The van der Waals surface area contributed by atoms with Crippen LogP contribution in [0.15, 0.2) is 24.3 Å². The molecule has 2 nitrogen and oxygen atoms in total. The molecule has 1 unspecified atom stereocenters. The molecule has 0 amide bonds. The number of likely N-dealkylation sites (N-methyl/N-ethyl adjacent to an activating group) is 1. The van der Waals surface area contributed by atoms with Crippen molar-refractivity contribution in [2.24, 2.45) is 0 Å². The molecule has 20 heavy (non-hydrogen) atoms. The van der Waals surface area contributed by atoms with Gasteiger partial charge in [-0.15, -0.1) is 0 Å². The Labute approximate surface area is 125 Å². The maximum Gasteiger partial charge on any atom is 0.0446 e. The molecule has 0 saturated heterocycles. The molecule has 0 radical (unpaired) electrons. The van der Waals surface area contributed by atoms with Crippen LogP contribution < -0.4 is 5.32 Å². The second kappa shape index (κ2) is 9.15. The van der Waals surface area contributed by atoms with Gasteiger partial charge in [0.05, 0.1) is 0 Å². The summed E-state index contributed by atoms with van der Waals surface area (Å²) in [6.45, 7) is 11.3. The third-order valence-corrected chi connectivity index (χ3v) is 3.93. The Balaban J connectivity index is 2.73. The van der Waals surface area contributed by atoms with Crippen LogP contribution in [-0.4, -0.2) is 31.1 Å². The maximum absolute atomic E-state index is 3.47. The van der Waals surface area contributed by atoms with Gasteiger partial charge in [0.1, 0.15) is 0 Å². The average Bonchev–Trinajstić information content (AvgIpc) is 2.44. The van der Waals surface area contributed by atoms with Gasteiger partial charge in [0.25, 0.3) is 0 Å². The number of hydrogen-bond acceptors (Lipinski definition) is 2. The Hall–Kier alpha value is -0.860. The van der Waals surface area contributed by atoms with E-state index in [-0.39, 0.29) is 0 Å². The Morgan fingerprint density at radius 2 is 1.70 bits per heavy atom. The highest BCUT2D eigenvalue weighted by molar-refractivity contribution is 5.25. The molecule has 0 aliphatic carbocycles. The minimum Gasteiger partial charge on any atom is -0.312 e. The molecule has 0 fully saturated rings. The quantitative estimate of drug-likeness (QED) is 0.733. The minimum atomic E-state index is 0.416. The van der Waals surface area contributed by atoms with Crippen molar-refractivity contribution in [3.05, 3.63) is 35.4 Å². The fourth-order valence-corrected chi connectivity index (χ4v) is 2.65. The third kappa shape index (κ3) is 5.26. The zero-order valence-corrected chi connectivity index (χ0v) is 13.9. The van der Waals surface area contributed by atoms with Crippen LogP contribution in [-0.2, 0) is 6.42 Å². The number of benzene rings is 1.